The van der Waals surface area contributed by atoms with Crippen molar-refractivity contribution >= 4 is 126 Å². The predicted octanol–water partition coefficient (Wildman–Crippen LogP) is 13.2. The summed E-state index contributed by atoms with van der Waals surface area (Å²) in [5.41, 5.74) is 27.2. The lowest BCUT2D eigenvalue weighted by Crippen LogP contribution is -2.46. The zero-order valence-corrected chi connectivity index (χ0v) is 56.6. The summed E-state index contributed by atoms with van der Waals surface area (Å²) in [6.45, 7) is 25.5. The number of nitrogens with two attached hydrogens (primary N) is 4. The molecule has 0 unspecified atom stereocenters. The highest BCUT2D eigenvalue weighted by molar-refractivity contribution is 6.31. The first-order chi connectivity index (χ1) is 43.2. The molecule has 0 radical (unpaired) electrons. The van der Waals surface area contributed by atoms with E-state index in [1.807, 2.05) is 12.1 Å². The van der Waals surface area contributed by atoms with E-state index in [1.165, 1.54) is 26.1 Å². The number of unbranched alkanes of at least 4 members (excludes halogenated alkanes) is 6. The molecule has 0 aliphatic carbocycles. The quantitative estimate of drug-likeness (QED) is 0.0204. The lowest BCUT2D eigenvalue weighted by molar-refractivity contribution is -0.120. The van der Waals surface area contributed by atoms with Gasteiger partial charge in [0.25, 0.3) is 0 Å². The maximum atomic E-state index is 13.3. The van der Waals surface area contributed by atoms with Gasteiger partial charge in [0.2, 0.25) is 35.6 Å². The Hall–Kier alpha value is -8.19. The third-order valence-electron chi connectivity index (χ3n) is 15.6. The Labute approximate surface area is 544 Å². The van der Waals surface area contributed by atoms with Crippen molar-refractivity contribution in [2.75, 3.05) is 57.3 Å². The Morgan fingerprint density at radius 2 is 0.780 bits per heavy atom. The average Bonchev–Trinajstić information content (AvgIpc) is 2.37. The van der Waals surface area contributed by atoms with Gasteiger partial charge in [-0.05, 0) is 90.5 Å². The molecule has 0 fully saturated rings. The molecule has 8 rings (SSSR count). The molecule has 494 valence electrons. The fraction of sp³-hybridized carbons (Fsp3) is 0.531. The van der Waals surface area contributed by atoms with E-state index in [0.29, 0.717) is 90.5 Å². The first-order valence-corrected chi connectivity index (χ1v) is 32.2. The van der Waals surface area contributed by atoms with Crippen molar-refractivity contribution in [1.82, 2.24) is 70.4 Å². The number of fused-ring (bicyclic) bond motifs is 4. The molecule has 24 nitrogen and oxygen atoms in total. The van der Waals surface area contributed by atoms with Gasteiger partial charge in [0.05, 0.1) is 49.4 Å². The summed E-state index contributed by atoms with van der Waals surface area (Å²) < 4.78 is 13.3. The maximum Gasteiger partial charge on any atom is 0.222 e. The monoisotopic (exact) mass is 1290 g/mol. The fourth-order valence-electron chi connectivity index (χ4n) is 9.86. The van der Waals surface area contributed by atoms with Gasteiger partial charge in [-0.25, -0.2) is 39.3 Å². The summed E-state index contributed by atoms with van der Waals surface area (Å²) in [5.74, 6) is 2.52. The Morgan fingerprint density at radius 3 is 1.14 bits per heavy atom. The molecule has 8 heterocycles. The minimum Gasteiger partial charge on any atom is -0.368 e. The molecular weight excluding hydrogens is 1200 g/mol. The molecule has 0 aliphatic rings. The third kappa shape index (κ3) is 23.2. The lowest BCUT2D eigenvalue weighted by atomic mass is 9.92. The van der Waals surface area contributed by atoms with Crippen LogP contribution in [0.2, 0.25) is 10.0 Å². The number of nitrogens with zero attached hydrogens (tertiary/aromatic N) is 12. The Morgan fingerprint density at radius 1 is 0.451 bits per heavy atom. The number of nitrogens with one attached hydrogen (secondary N) is 6. The Balaban J connectivity index is 0.000000221. The second kappa shape index (κ2) is 34.9. The van der Waals surface area contributed by atoms with E-state index in [2.05, 4.69) is 161 Å². The number of rotatable bonds is 28. The third-order valence-corrected chi connectivity index (χ3v) is 16.0. The molecular formula is C64H95Cl2FN22O2. The summed E-state index contributed by atoms with van der Waals surface area (Å²) in [7, 11) is 0. The van der Waals surface area contributed by atoms with Crippen LogP contribution in [0.1, 0.15) is 186 Å². The molecule has 8 aromatic rings. The highest BCUT2D eigenvalue weighted by Crippen LogP contribution is 2.32. The second-order valence-electron chi connectivity index (χ2n) is 24.0. The van der Waals surface area contributed by atoms with Crippen LogP contribution >= 0.6 is 23.2 Å². The zero-order valence-electron chi connectivity index (χ0n) is 55.1. The van der Waals surface area contributed by atoms with Crippen LogP contribution in [0.3, 0.4) is 0 Å². The highest BCUT2D eigenvalue weighted by atomic mass is 35.5. The minimum absolute atomic E-state index is 0.0367. The van der Waals surface area contributed by atoms with Crippen molar-refractivity contribution in [3.05, 3.63) is 71.0 Å². The Bertz CT molecular complexity index is 3540. The van der Waals surface area contributed by atoms with Crippen LogP contribution in [0.15, 0.2) is 55.1 Å². The second-order valence-corrected chi connectivity index (χ2v) is 24.9. The number of aromatic nitrogens is 12. The molecule has 91 heavy (non-hydrogen) atoms. The molecule has 8 aromatic heterocycles. The van der Waals surface area contributed by atoms with Gasteiger partial charge in [-0.1, -0.05) is 129 Å². The van der Waals surface area contributed by atoms with Crippen LogP contribution in [0.5, 0.6) is 0 Å². The van der Waals surface area contributed by atoms with Gasteiger partial charge in [-0.2, -0.15) is 19.9 Å². The summed E-state index contributed by atoms with van der Waals surface area (Å²) in [5, 5.41) is 20.6. The van der Waals surface area contributed by atoms with Gasteiger partial charge in [-0.3, -0.25) is 14.6 Å². The van der Waals surface area contributed by atoms with E-state index in [0.717, 1.165) is 103 Å². The lowest BCUT2D eigenvalue weighted by Gasteiger charge is -2.32. The standard InChI is InChI=1S/C17H25ClN6O.C17H26N6O.C15H22ClN5.C15H22FN5/c1-4-5-6-7-17(3,10-21-11(2)25)24-15-14-13(22-16(19)23-15)8-12(18)9-20-14;1-4-5-6-9-17(3,11-20-12(2)24)23-15-14-13(8-7-10-19-14)21-16(18)22-15;2*1-4-6-7-15(3,5-2)21-13-12-11(19-14(17)20-13)8-10(16)9-18-12/h8-9H,4-7,10H2,1-3H3,(H,21,25)(H3,19,22,23,24);7-8,10H,4-6,9,11H2,1-3H3,(H,20,24)(H3,18,21,22,23);2*8-9H,4-7H2,1-3H3,(H3,17,19,20,21)/t2*17-;2*15-/m0011/s1. The van der Waals surface area contributed by atoms with E-state index < -0.39 is 5.82 Å². The average molecular weight is 1290 g/mol. The smallest absolute Gasteiger partial charge is 0.222 e. The highest BCUT2D eigenvalue weighted by Gasteiger charge is 2.29. The van der Waals surface area contributed by atoms with Gasteiger partial charge >= 0.3 is 0 Å². The van der Waals surface area contributed by atoms with Crippen molar-refractivity contribution in [3.63, 3.8) is 0 Å². The van der Waals surface area contributed by atoms with Crippen LogP contribution in [0, 0.1) is 5.82 Å². The summed E-state index contributed by atoms with van der Waals surface area (Å²) in [6.07, 6.45) is 23.0. The van der Waals surface area contributed by atoms with Crippen LogP contribution < -0.4 is 54.8 Å². The number of carbonyl (C=O) groups excluding carboxylic acids is 2. The number of anilines is 8. The van der Waals surface area contributed by atoms with Gasteiger partial charge in [0.1, 0.15) is 27.9 Å². The Kier molecular flexibility index (Phi) is 28.2. The number of hydrogen-bond donors (Lipinski definition) is 10. The molecule has 0 aliphatic heterocycles. The van der Waals surface area contributed by atoms with Gasteiger partial charge in [0, 0.05) is 62.7 Å². The molecule has 2 amide bonds. The first-order valence-electron chi connectivity index (χ1n) is 31.5. The minimum atomic E-state index is -0.434. The number of hydrogen-bond acceptors (Lipinski definition) is 22. The normalized spacial score (nSPS) is 13.7. The molecule has 0 aromatic carbocycles. The van der Waals surface area contributed by atoms with Crippen molar-refractivity contribution < 1.29 is 14.0 Å². The predicted molar refractivity (Wildman–Crippen MR) is 370 cm³/mol. The molecule has 4 atom stereocenters. The molecule has 0 saturated heterocycles. The van der Waals surface area contributed by atoms with Crippen LogP contribution in [-0.4, -0.2) is 107 Å². The van der Waals surface area contributed by atoms with Crippen LogP contribution in [0.25, 0.3) is 44.1 Å². The number of pyridine rings is 4. The zero-order chi connectivity index (χ0) is 66.9. The summed E-state index contributed by atoms with van der Waals surface area (Å²) in [6, 6.07) is 8.45. The van der Waals surface area contributed by atoms with Gasteiger partial charge in [0.15, 0.2) is 23.3 Å². The van der Waals surface area contributed by atoms with E-state index in [9.17, 15) is 14.0 Å². The fourth-order valence-corrected chi connectivity index (χ4v) is 10.2. The van der Waals surface area contributed by atoms with Crippen LogP contribution in [-0.2, 0) is 9.59 Å². The van der Waals surface area contributed by atoms with Crippen molar-refractivity contribution in [2.24, 2.45) is 0 Å². The topological polar surface area (TPSA) is 365 Å². The number of nitrogen functional groups attached to an aromatic ring is 4. The maximum absolute atomic E-state index is 13.3. The molecule has 0 saturated carbocycles. The van der Waals surface area contributed by atoms with E-state index in [4.69, 9.17) is 46.1 Å². The summed E-state index contributed by atoms with van der Waals surface area (Å²) in [4.78, 5) is 73.7. The van der Waals surface area contributed by atoms with Crippen molar-refractivity contribution in [1.29, 1.82) is 0 Å². The van der Waals surface area contributed by atoms with Gasteiger partial charge in [-0.15, -0.1) is 0 Å². The molecule has 14 N–H and O–H groups in total. The number of carbonyl (C=O) groups is 2. The summed E-state index contributed by atoms with van der Waals surface area (Å²) >= 11 is 12.0. The molecule has 0 bridgehead atoms. The molecule has 0 spiro atoms. The number of halogens is 3. The largest absolute Gasteiger partial charge is 0.368 e. The van der Waals surface area contributed by atoms with Crippen LogP contribution in [0.4, 0.5) is 51.5 Å². The number of amides is 2. The van der Waals surface area contributed by atoms with Gasteiger partial charge < -0.3 is 54.8 Å². The van der Waals surface area contributed by atoms with Crippen molar-refractivity contribution in [2.45, 2.75) is 208 Å². The van der Waals surface area contributed by atoms with E-state index >= 15 is 0 Å². The van der Waals surface area contributed by atoms with Crippen molar-refractivity contribution in [3.8, 4) is 0 Å². The SMILES string of the molecule is CCCCC[C@@](C)(CNC(C)=O)Nc1nc(N)nc2cc(Cl)cnc12.CCCCC[C@@](C)(CNC(C)=O)Nc1nc(N)nc2cccnc12.CCCC[C@@](C)(CC)Nc1nc(N)nc2cc(Cl)cnc12.CCCC[C@@](C)(CC)Nc1nc(N)nc2cc(F)cnc12. The van der Waals surface area contributed by atoms with E-state index in [-0.39, 0.29) is 57.8 Å². The first kappa shape index (κ1) is 73.5. The molecule has 27 heteroatoms. The van der Waals surface area contributed by atoms with E-state index in [1.54, 1.807) is 30.7 Å².